The molecule has 0 aromatic carbocycles. The van der Waals surface area contributed by atoms with Crippen molar-refractivity contribution < 1.29 is 13.2 Å². The smallest absolute Gasteiger partial charge is 0.225 e. The molecule has 0 saturated carbocycles. The first-order valence-corrected chi connectivity index (χ1v) is 12.4. The Labute approximate surface area is 182 Å². The number of nitrogens with zero attached hydrogens (tertiary/aromatic N) is 7. The van der Waals surface area contributed by atoms with Gasteiger partial charge in [-0.2, -0.15) is 5.10 Å². The van der Waals surface area contributed by atoms with Gasteiger partial charge in [0.1, 0.15) is 12.1 Å². The summed E-state index contributed by atoms with van der Waals surface area (Å²) in [6.45, 7) is 7.44. The van der Waals surface area contributed by atoms with E-state index in [1.807, 2.05) is 35.6 Å². The highest BCUT2D eigenvalue weighted by Crippen LogP contribution is 2.23. The maximum Gasteiger partial charge on any atom is 0.225 e. The van der Waals surface area contributed by atoms with Crippen LogP contribution in [0.5, 0.6) is 0 Å². The van der Waals surface area contributed by atoms with Gasteiger partial charge in [0.2, 0.25) is 15.9 Å². The number of piperazine rings is 1. The van der Waals surface area contributed by atoms with E-state index in [-0.39, 0.29) is 11.8 Å². The van der Waals surface area contributed by atoms with Crippen molar-refractivity contribution in [1.29, 1.82) is 0 Å². The summed E-state index contributed by atoms with van der Waals surface area (Å²) in [5.74, 6) is 1.60. The molecule has 0 N–H and O–H groups in total. The fourth-order valence-electron chi connectivity index (χ4n) is 4.34. The molecular weight excluding hydrogens is 418 g/mol. The number of piperidine rings is 1. The van der Waals surface area contributed by atoms with Crippen LogP contribution < -0.4 is 4.90 Å². The van der Waals surface area contributed by atoms with Gasteiger partial charge in [-0.25, -0.2) is 27.4 Å². The average molecular weight is 448 g/mol. The molecule has 2 saturated heterocycles. The topological polar surface area (TPSA) is 105 Å². The first kappa shape index (κ1) is 21.7. The molecule has 4 heterocycles. The van der Waals surface area contributed by atoms with E-state index in [1.54, 1.807) is 6.33 Å². The molecular formula is C20H29N7O3S. The second-order valence-corrected chi connectivity index (χ2v) is 10.3. The number of carbonyl (C=O) groups excluding carboxylic acids is 1. The fourth-order valence-corrected chi connectivity index (χ4v) is 5.21. The summed E-state index contributed by atoms with van der Waals surface area (Å²) in [6.07, 6.45) is 3.95. The Kier molecular flexibility index (Phi) is 5.98. The summed E-state index contributed by atoms with van der Waals surface area (Å²) in [5, 5.41) is 4.49. The molecule has 0 unspecified atom stereocenters. The minimum absolute atomic E-state index is 0.0961. The Morgan fingerprint density at radius 1 is 0.968 bits per heavy atom. The largest absolute Gasteiger partial charge is 0.353 e. The molecule has 1 amide bonds. The highest BCUT2D eigenvalue weighted by atomic mass is 32.2. The summed E-state index contributed by atoms with van der Waals surface area (Å²) in [4.78, 5) is 25.8. The Morgan fingerprint density at radius 3 is 2.19 bits per heavy atom. The van der Waals surface area contributed by atoms with Gasteiger partial charge in [0.05, 0.1) is 11.9 Å². The zero-order valence-electron chi connectivity index (χ0n) is 18.2. The Morgan fingerprint density at radius 2 is 1.61 bits per heavy atom. The fraction of sp³-hybridized carbons (Fsp3) is 0.600. The second-order valence-electron chi connectivity index (χ2n) is 8.32. The van der Waals surface area contributed by atoms with Crippen molar-refractivity contribution in [2.75, 3.05) is 50.4 Å². The van der Waals surface area contributed by atoms with Gasteiger partial charge >= 0.3 is 0 Å². The van der Waals surface area contributed by atoms with Crippen molar-refractivity contribution in [3.8, 4) is 5.82 Å². The highest BCUT2D eigenvalue weighted by Gasteiger charge is 2.32. The number of rotatable bonds is 4. The third kappa shape index (κ3) is 4.72. The van der Waals surface area contributed by atoms with Crippen LogP contribution in [0, 0.1) is 19.8 Å². The molecule has 0 radical (unpaired) electrons. The highest BCUT2D eigenvalue weighted by molar-refractivity contribution is 7.88. The van der Waals surface area contributed by atoms with E-state index in [2.05, 4.69) is 20.0 Å². The van der Waals surface area contributed by atoms with Gasteiger partial charge in [0.25, 0.3) is 0 Å². The van der Waals surface area contributed by atoms with Crippen molar-refractivity contribution in [2.24, 2.45) is 5.92 Å². The second kappa shape index (κ2) is 8.54. The van der Waals surface area contributed by atoms with Crippen molar-refractivity contribution in [3.05, 3.63) is 29.8 Å². The van der Waals surface area contributed by atoms with Gasteiger partial charge in [0, 0.05) is 56.9 Å². The Bertz CT molecular complexity index is 1050. The third-order valence-corrected chi connectivity index (χ3v) is 7.36. The molecule has 11 heteroatoms. The lowest BCUT2D eigenvalue weighted by Gasteiger charge is -2.38. The summed E-state index contributed by atoms with van der Waals surface area (Å²) in [6, 6.07) is 3.93. The lowest BCUT2D eigenvalue weighted by molar-refractivity contribution is -0.137. The molecule has 0 atom stereocenters. The van der Waals surface area contributed by atoms with Crippen LogP contribution in [-0.4, -0.2) is 88.8 Å². The lowest BCUT2D eigenvalue weighted by atomic mass is 9.96. The molecule has 31 heavy (non-hydrogen) atoms. The molecule has 2 aromatic rings. The number of carbonyl (C=O) groups is 1. The van der Waals surface area contributed by atoms with Crippen LogP contribution in [0.25, 0.3) is 5.82 Å². The molecule has 2 aliphatic rings. The maximum atomic E-state index is 12.9. The molecule has 2 aromatic heterocycles. The van der Waals surface area contributed by atoms with E-state index in [1.165, 1.54) is 10.6 Å². The van der Waals surface area contributed by atoms with Crippen LogP contribution in [0.1, 0.15) is 24.2 Å². The van der Waals surface area contributed by atoms with E-state index < -0.39 is 10.0 Å². The van der Waals surface area contributed by atoms with E-state index in [9.17, 15) is 13.2 Å². The number of hydrogen-bond acceptors (Lipinski definition) is 7. The molecule has 0 bridgehead atoms. The molecule has 168 valence electrons. The van der Waals surface area contributed by atoms with E-state index in [0.717, 1.165) is 23.0 Å². The monoisotopic (exact) mass is 447 g/mol. The molecule has 2 aliphatic heterocycles. The van der Waals surface area contributed by atoms with Crippen molar-refractivity contribution in [3.63, 3.8) is 0 Å². The Hall–Kier alpha value is -2.53. The number of aryl methyl sites for hydroxylation is 2. The predicted octanol–water partition coefficient (Wildman–Crippen LogP) is 0.599. The first-order valence-electron chi connectivity index (χ1n) is 10.6. The van der Waals surface area contributed by atoms with E-state index in [4.69, 9.17) is 0 Å². The van der Waals surface area contributed by atoms with Crippen LogP contribution in [0.15, 0.2) is 18.5 Å². The summed E-state index contributed by atoms with van der Waals surface area (Å²) >= 11 is 0. The normalized spacial score (nSPS) is 19.1. The van der Waals surface area contributed by atoms with Crippen molar-refractivity contribution in [2.45, 2.75) is 26.7 Å². The predicted molar refractivity (Wildman–Crippen MR) is 117 cm³/mol. The number of anilines is 1. The van der Waals surface area contributed by atoms with Crippen LogP contribution in [-0.2, 0) is 14.8 Å². The van der Waals surface area contributed by atoms with E-state index >= 15 is 0 Å². The summed E-state index contributed by atoms with van der Waals surface area (Å²) in [7, 11) is -3.18. The minimum Gasteiger partial charge on any atom is -0.353 e. The molecule has 0 aliphatic carbocycles. The Balaban J connectivity index is 1.35. The van der Waals surface area contributed by atoms with Gasteiger partial charge < -0.3 is 9.80 Å². The van der Waals surface area contributed by atoms with Crippen LogP contribution in [0.2, 0.25) is 0 Å². The first-order chi connectivity index (χ1) is 14.7. The summed E-state index contributed by atoms with van der Waals surface area (Å²) < 4.78 is 26.6. The lowest BCUT2D eigenvalue weighted by Crippen LogP contribution is -2.52. The number of amides is 1. The van der Waals surface area contributed by atoms with Gasteiger partial charge in [-0.1, -0.05) is 0 Å². The van der Waals surface area contributed by atoms with Crippen molar-refractivity contribution in [1.82, 2.24) is 29.0 Å². The maximum absolute atomic E-state index is 12.9. The summed E-state index contributed by atoms with van der Waals surface area (Å²) in [5.41, 5.74) is 1.95. The standard InChI is InChI=1S/C20H29N7O3S/c1-15-12-16(2)27(23-15)19-13-18(21-14-22-19)24-8-10-25(11-9-24)20(28)17-4-6-26(7-5-17)31(3,29)30/h12-14,17H,4-11H2,1-3H3. The molecule has 4 rings (SSSR count). The number of hydrogen-bond donors (Lipinski definition) is 0. The zero-order valence-corrected chi connectivity index (χ0v) is 19.0. The van der Waals surface area contributed by atoms with Crippen LogP contribution in [0.3, 0.4) is 0 Å². The minimum atomic E-state index is -3.18. The van der Waals surface area contributed by atoms with Crippen LogP contribution in [0.4, 0.5) is 5.82 Å². The average Bonchev–Trinajstić information content (AvgIpc) is 3.11. The molecule has 0 spiro atoms. The van der Waals surface area contributed by atoms with Gasteiger partial charge in [0.15, 0.2) is 5.82 Å². The van der Waals surface area contributed by atoms with Gasteiger partial charge in [-0.15, -0.1) is 0 Å². The quantitative estimate of drug-likeness (QED) is 0.676. The molecule has 10 nitrogen and oxygen atoms in total. The molecule has 2 fully saturated rings. The number of aromatic nitrogens is 4. The zero-order chi connectivity index (χ0) is 22.2. The van der Waals surface area contributed by atoms with Crippen LogP contribution >= 0.6 is 0 Å². The van der Waals surface area contributed by atoms with E-state index in [0.29, 0.717) is 52.1 Å². The number of sulfonamides is 1. The van der Waals surface area contributed by atoms with Gasteiger partial charge in [-0.3, -0.25) is 4.79 Å². The SMILES string of the molecule is Cc1cc(C)n(-c2cc(N3CCN(C(=O)C4CCN(S(C)(=O)=O)CC4)CC3)ncn2)n1. The third-order valence-electron chi connectivity index (χ3n) is 6.05. The van der Waals surface area contributed by atoms with Gasteiger partial charge in [-0.05, 0) is 32.8 Å². The van der Waals surface area contributed by atoms with Crippen molar-refractivity contribution >= 4 is 21.7 Å².